The number of hydrogen-bond donors (Lipinski definition) is 3. The van der Waals surface area contributed by atoms with Crippen LogP contribution in [0.3, 0.4) is 0 Å². The van der Waals surface area contributed by atoms with Gasteiger partial charge in [0, 0.05) is 33.0 Å². The van der Waals surface area contributed by atoms with Crippen LogP contribution in [0.2, 0.25) is 0 Å². The molecule has 0 bridgehead atoms. The number of amides is 1. The molecule has 0 atom stereocenters. The second kappa shape index (κ2) is 13.1. The van der Waals surface area contributed by atoms with Gasteiger partial charge in [0.1, 0.15) is 0 Å². The summed E-state index contributed by atoms with van der Waals surface area (Å²) in [5.74, 6) is 0.502. The third-order valence-electron chi connectivity index (χ3n) is 3.08. The summed E-state index contributed by atoms with van der Waals surface area (Å²) in [7, 11) is 3.35. The Morgan fingerprint density at radius 1 is 1.30 bits per heavy atom. The molecule has 0 aromatic heterocycles. The number of ether oxygens (including phenoxy) is 1. The van der Waals surface area contributed by atoms with Crippen LogP contribution in [-0.4, -0.2) is 45.7 Å². The number of hydrogen-bond acceptors (Lipinski definition) is 3. The monoisotopic (exact) mass is 434 g/mol. The lowest BCUT2D eigenvalue weighted by Gasteiger charge is -2.12. The zero-order valence-electron chi connectivity index (χ0n) is 14.0. The van der Waals surface area contributed by atoms with Crippen molar-refractivity contribution in [3.8, 4) is 0 Å². The van der Waals surface area contributed by atoms with E-state index in [1.807, 2.05) is 24.3 Å². The van der Waals surface area contributed by atoms with Crippen molar-refractivity contribution in [2.45, 2.75) is 19.8 Å². The molecule has 0 spiro atoms. The van der Waals surface area contributed by atoms with Gasteiger partial charge in [-0.15, -0.1) is 24.0 Å². The van der Waals surface area contributed by atoms with E-state index in [1.165, 1.54) is 5.56 Å². The maximum absolute atomic E-state index is 11.9. The second-order valence-electron chi connectivity index (χ2n) is 4.80. The maximum Gasteiger partial charge on any atom is 0.243 e. The highest BCUT2D eigenvalue weighted by Gasteiger charge is 2.04. The number of benzene rings is 1. The number of anilines is 1. The number of guanidine groups is 1. The second-order valence-corrected chi connectivity index (χ2v) is 4.80. The van der Waals surface area contributed by atoms with Gasteiger partial charge in [0.25, 0.3) is 0 Å². The zero-order valence-corrected chi connectivity index (χ0v) is 16.3. The van der Waals surface area contributed by atoms with Crippen LogP contribution in [0.5, 0.6) is 0 Å². The van der Waals surface area contributed by atoms with Gasteiger partial charge in [0.05, 0.1) is 6.54 Å². The van der Waals surface area contributed by atoms with Crippen molar-refractivity contribution in [2.24, 2.45) is 4.99 Å². The minimum Gasteiger partial charge on any atom is -0.385 e. The quantitative estimate of drug-likeness (QED) is 0.253. The Morgan fingerprint density at radius 2 is 2.09 bits per heavy atom. The standard InChI is InChI=1S/C16H26N4O2.HI/c1-4-13-7-5-8-14(11-13)20-15(21)12-19-16(17-2)18-9-6-10-22-3;/h5,7-8,11H,4,6,9-10,12H2,1-3H3,(H,20,21)(H2,17,18,19);1H. The van der Waals surface area contributed by atoms with Crippen molar-refractivity contribution in [1.82, 2.24) is 10.6 Å². The molecule has 0 heterocycles. The SMILES string of the molecule is CCc1cccc(NC(=O)CNC(=NC)NCCCOC)c1.I. The smallest absolute Gasteiger partial charge is 0.243 e. The summed E-state index contributed by atoms with van der Waals surface area (Å²) in [4.78, 5) is 16.0. The van der Waals surface area contributed by atoms with Crippen molar-refractivity contribution in [3.63, 3.8) is 0 Å². The van der Waals surface area contributed by atoms with Crippen LogP contribution in [0.1, 0.15) is 18.9 Å². The van der Waals surface area contributed by atoms with Crippen molar-refractivity contribution in [3.05, 3.63) is 29.8 Å². The molecule has 6 nitrogen and oxygen atoms in total. The Labute approximate surface area is 155 Å². The minimum atomic E-state index is -0.104. The predicted molar refractivity (Wildman–Crippen MR) is 106 cm³/mol. The molecule has 7 heteroatoms. The first-order valence-electron chi connectivity index (χ1n) is 7.51. The molecule has 0 saturated heterocycles. The number of aryl methyl sites for hydroxylation is 1. The summed E-state index contributed by atoms with van der Waals surface area (Å²) in [6.45, 7) is 3.69. The highest BCUT2D eigenvalue weighted by atomic mass is 127. The van der Waals surface area contributed by atoms with E-state index in [-0.39, 0.29) is 36.4 Å². The molecule has 0 aliphatic rings. The summed E-state index contributed by atoms with van der Waals surface area (Å²) >= 11 is 0. The van der Waals surface area contributed by atoms with Crippen molar-refractivity contribution >= 4 is 41.5 Å². The summed E-state index contributed by atoms with van der Waals surface area (Å²) < 4.78 is 4.98. The van der Waals surface area contributed by atoms with E-state index in [0.717, 1.165) is 25.1 Å². The van der Waals surface area contributed by atoms with E-state index in [1.54, 1.807) is 14.2 Å². The van der Waals surface area contributed by atoms with E-state index in [4.69, 9.17) is 4.74 Å². The van der Waals surface area contributed by atoms with E-state index in [2.05, 4.69) is 27.9 Å². The zero-order chi connectivity index (χ0) is 16.2. The van der Waals surface area contributed by atoms with Gasteiger partial charge in [-0.3, -0.25) is 9.79 Å². The molecular weight excluding hydrogens is 407 g/mol. The molecule has 0 aliphatic heterocycles. The molecular formula is C16H27IN4O2. The van der Waals surface area contributed by atoms with Gasteiger partial charge in [-0.1, -0.05) is 19.1 Å². The van der Waals surface area contributed by atoms with Gasteiger partial charge in [-0.2, -0.15) is 0 Å². The molecule has 23 heavy (non-hydrogen) atoms. The van der Waals surface area contributed by atoms with Crippen LogP contribution in [-0.2, 0) is 16.0 Å². The fraction of sp³-hybridized carbons (Fsp3) is 0.500. The Balaban J connectivity index is 0.00000484. The van der Waals surface area contributed by atoms with Crippen molar-refractivity contribution in [2.75, 3.05) is 39.2 Å². The van der Waals surface area contributed by atoms with E-state index >= 15 is 0 Å². The molecule has 1 aromatic carbocycles. The van der Waals surface area contributed by atoms with Gasteiger partial charge in [-0.25, -0.2) is 0 Å². The number of rotatable bonds is 8. The Bertz CT molecular complexity index is 495. The van der Waals surface area contributed by atoms with Crippen LogP contribution in [0.25, 0.3) is 0 Å². The first-order chi connectivity index (χ1) is 10.7. The number of carbonyl (C=O) groups excluding carboxylic acids is 1. The molecule has 1 aromatic rings. The molecule has 130 valence electrons. The number of nitrogens with zero attached hydrogens (tertiary/aromatic N) is 1. The highest BCUT2D eigenvalue weighted by Crippen LogP contribution is 2.10. The highest BCUT2D eigenvalue weighted by molar-refractivity contribution is 14.0. The van der Waals surface area contributed by atoms with Gasteiger partial charge in [0.2, 0.25) is 5.91 Å². The Hall–Kier alpha value is -1.35. The molecule has 0 saturated carbocycles. The number of methoxy groups -OCH3 is 1. The molecule has 1 rings (SSSR count). The summed E-state index contributed by atoms with van der Waals surface area (Å²) in [6.07, 6.45) is 1.83. The maximum atomic E-state index is 11.9. The molecule has 3 N–H and O–H groups in total. The van der Waals surface area contributed by atoms with Gasteiger partial charge >= 0.3 is 0 Å². The number of aliphatic imine (C=N–C) groups is 1. The molecule has 1 amide bonds. The van der Waals surface area contributed by atoms with E-state index in [9.17, 15) is 4.79 Å². The van der Waals surface area contributed by atoms with Crippen LogP contribution in [0.4, 0.5) is 5.69 Å². The average molecular weight is 434 g/mol. The van der Waals surface area contributed by atoms with Gasteiger partial charge < -0.3 is 20.7 Å². The van der Waals surface area contributed by atoms with Crippen molar-refractivity contribution < 1.29 is 9.53 Å². The molecule has 0 radical (unpaired) electrons. The molecule has 0 unspecified atom stereocenters. The topological polar surface area (TPSA) is 74.8 Å². The predicted octanol–water partition coefficient (Wildman–Crippen LogP) is 2.01. The molecule has 0 fully saturated rings. The Kier molecular flexibility index (Phi) is 12.4. The van der Waals surface area contributed by atoms with Crippen molar-refractivity contribution in [1.29, 1.82) is 0 Å². The number of carbonyl (C=O) groups is 1. The van der Waals surface area contributed by atoms with Crippen LogP contribution in [0.15, 0.2) is 29.3 Å². The third kappa shape index (κ3) is 9.39. The van der Waals surface area contributed by atoms with E-state index < -0.39 is 0 Å². The summed E-state index contributed by atoms with van der Waals surface area (Å²) in [5, 5.41) is 8.97. The fourth-order valence-electron chi connectivity index (χ4n) is 1.88. The van der Waals surface area contributed by atoms with Crippen LogP contribution < -0.4 is 16.0 Å². The Morgan fingerprint density at radius 3 is 2.74 bits per heavy atom. The lowest BCUT2D eigenvalue weighted by Crippen LogP contribution is -2.41. The van der Waals surface area contributed by atoms with Gasteiger partial charge in [-0.05, 0) is 30.5 Å². The number of halogens is 1. The normalized spacial score (nSPS) is 10.7. The summed E-state index contributed by atoms with van der Waals surface area (Å²) in [6, 6.07) is 7.85. The molecule has 0 aliphatic carbocycles. The first kappa shape index (κ1) is 21.6. The fourth-order valence-corrected chi connectivity index (χ4v) is 1.88. The van der Waals surface area contributed by atoms with Crippen LogP contribution in [0, 0.1) is 0 Å². The average Bonchev–Trinajstić information content (AvgIpc) is 2.54. The first-order valence-corrected chi connectivity index (χ1v) is 7.51. The van der Waals surface area contributed by atoms with E-state index in [0.29, 0.717) is 12.6 Å². The van der Waals surface area contributed by atoms with Crippen LogP contribution >= 0.6 is 24.0 Å². The lowest BCUT2D eigenvalue weighted by atomic mass is 10.1. The summed E-state index contributed by atoms with van der Waals surface area (Å²) in [5.41, 5.74) is 2.01. The van der Waals surface area contributed by atoms with Gasteiger partial charge in [0.15, 0.2) is 5.96 Å². The third-order valence-corrected chi connectivity index (χ3v) is 3.08. The largest absolute Gasteiger partial charge is 0.385 e. The minimum absolute atomic E-state index is 0. The number of nitrogens with one attached hydrogen (secondary N) is 3. The lowest BCUT2D eigenvalue weighted by molar-refractivity contribution is -0.115.